The van der Waals surface area contributed by atoms with E-state index in [1.165, 1.54) is 47.4 Å². The molecule has 0 aliphatic carbocycles. The Morgan fingerprint density at radius 1 is 0.783 bits per heavy atom. The molecule has 232 valence electrons. The van der Waals surface area contributed by atoms with Gasteiger partial charge in [0.1, 0.15) is 10.9 Å². The van der Waals surface area contributed by atoms with Crippen molar-refractivity contribution in [3.8, 4) is 0 Å². The molecule has 0 fully saturated rings. The summed E-state index contributed by atoms with van der Waals surface area (Å²) in [5, 5.41) is 16.7. The molecule has 4 aromatic carbocycles. The number of anilines is 2. The minimum atomic E-state index is -3.87. The maximum absolute atomic E-state index is 13.5. The number of thiophene rings is 1. The summed E-state index contributed by atoms with van der Waals surface area (Å²) in [4.78, 5) is 40.5. The lowest BCUT2D eigenvalue weighted by Crippen LogP contribution is -2.30. The number of nitrogens with two attached hydrogens (primary N) is 1. The van der Waals surface area contributed by atoms with Gasteiger partial charge in [0.25, 0.3) is 11.8 Å². The van der Waals surface area contributed by atoms with Crippen LogP contribution in [-0.4, -0.2) is 26.1 Å². The predicted molar refractivity (Wildman–Crippen MR) is 183 cm³/mol. The van der Waals surface area contributed by atoms with Gasteiger partial charge in [0, 0.05) is 21.8 Å². The van der Waals surface area contributed by atoms with Crippen molar-refractivity contribution in [3.05, 3.63) is 148 Å². The van der Waals surface area contributed by atoms with Crippen LogP contribution in [0.4, 0.5) is 11.4 Å². The van der Waals surface area contributed by atoms with Crippen LogP contribution in [-0.2, 0) is 19.6 Å². The quantitative estimate of drug-likeness (QED) is 0.0963. The molecule has 0 spiro atoms. The van der Waals surface area contributed by atoms with E-state index in [2.05, 4.69) is 16.0 Å². The first-order chi connectivity index (χ1) is 22.2. The van der Waals surface area contributed by atoms with Crippen molar-refractivity contribution >= 4 is 68.3 Å². The molecule has 5 aromatic rings. The summed E-state index contributed by atoms with van der Waals surface area (Å²) in [6.45, 7) is 0. The number of amides is 3. The van der Waals surface area contributed by atoms with Crippen molar-refractivity contribution in [2.75, 3.05) is 10.6 Å². The van der Waals surface area contributed by atoms with Crippen LogP contribution in [0.1, 0.15) is 26.7 Å². The van der Waals surface area contributed by atoms with E-state index >= 15 is 0 Å². The largest absolute Gasteiger partial charge is 0.325 e. The van der Waals surface area contributed by atoms with Gasteiger partial charge in [-0.3, -0.25) is 14.4 Å². The number of carbonyl (C=O) groups excluding carboxylic acids is 3. The van der Waals surface area contributed by atoms with E-state index in [0.717, 1.165) is 11.1 Å². The van der Waals surface area contributed by atoms with Crippen LogP contribution < -0.4 is 21.1 Å². The van der Waals surface area contributed by atoms with E-state index in [0.29, 0.717) is 21.8 Å². The summed E-state index contributed by atoms with van der Waals surface area (Å²) < 4.78 is 23.2. The van der Waals surface area contributed by atoms with Gasteiger partial charge >= 0.3 is 0 Å². The van der Waals surface area contributed by atoms with Crippen LogP contribution in [0.3, 0.4) is 0 Å². The van der Waals surface area contributed by atoms with Crippen LogP contribution in [0.5, 0.6) is 0 Å². The van der Waals surface area contributed by atoms with Crippen molar-refractivity contribution in [2.45, 2.75) is 15.0 Å². The maximum atomic E-state index is 13.5. The molecule has 0 aliphatic heterocycles. The molecule has 12 heteroatoms. The fraction of sp³-hybridized carbons (Fsp3) is 0.0294. The smallest absolute Gasteiger partial charge is 0.272 e. The second-order valence-electron chi connectivity index (χ2n) is 9.88. The van der Waals surface area contributed by atoms with Gasteiger partial charge in [-0.2, -0.15) is 11.3 Å². The fourth-order valence-corrected chi connectivity index (χ4v) is 6.50. The number of rotatable bonds is 11. The van der Waals surface area contributed by atoms with Crippen LogP contribution in [0.25, 0.3) is 6.08 Å². The summed E-state index contributed by atoms with van der Waals surface area (Å²) in [6, 6.07) is 32.3. The van der Waals surface area contributed by atoms with Gasteiger partial charge in [-0.05, 0) is 88.6 Å². The summed E-state index contributed by atoms with van der Waals surface area (Å²) >= 11 is 2.74. The Kier molecular flexibility index (Phi) is 10.5. The highest BCUT2D eigenvalue weighted by molar-refractivity contribution is 8.00. The topological polar surface area (TPSA) is 147 Å². The van der Waals surface area contributed by atoms with Crippen molar-refractivity contribution in [2.24, 2.45) is 5.14 Å². The highest BCUT2D eigenvalue weighted by Crippen LogP contribution is 2.37. The Balaban J connectivity index is 1.34. The molecule has 0 saturated carbocycles. The summed E-state index contributed by atoms with van der Waals surface area (Å²) in [7, 11) is -3.87. The molecule has 1 unspecified atom stereocenters. The minimum Gasteiger partial charge on any atom is -0.325 e. The first-order valence-electron chi connectivity index (χ1n) is 13.8. The molecule has 1 atom stereocenters. The van der Waals surface area contributed by atoms with Crippen molar-refractivity contribution < 1.29 is 22.8 Å². The molecule has 0 radical (unpaired) electrons. The van der Waals surface area contributed by atoms with Crippen LogP contribution in [0.15, 0.2) is 142 Å². The SMILES string of the molecule is NS(=O)(=O)c1ccc(NC(=O)C(Sc2cccc(NC(=O)/C(=C/c3ccsc3)NC(=O)c3ccccc3)c2)c2ccccc2)cc1. The zero-order valence-corrected chi connectivity index (χ0v) is 26.6. The zero-order valence-electron chi connectivity index (χ0n) is 24.1. The molecule has 1 heterocycles. The number of carbonyl (C=O) groups is 3. The highest BCUT2D eigenvalue weighted by atomic mass is 32.2. The van der Waals surface area contributed by atoms with Crippen molar-refractivity contribution in [1.29, 1.82) is 0 Å². The number of sulfonamides is 1. The number of hydrogen-bond acceptors (Lipinski definition) is 7. The Bertz CT molecular complexity index is 1960. The lowest BCUT2D eigenvalue weighted by molar-refractivity contribution is -0.116. The van der Waals surface area contributed by atoms with E-state index in [4.69, 9.17) is 5.14 Å². The number of primary sulfonamides is 1. The third kappa shape index (κ3) is 8.79. The van der Waals surface area contributed by atoms with E-state index in [-0.39, 0.29) is 16.5 Å². The lowest BCUT2D eigenvalue weighted by Gasteiger charge is -2.18. The molecule has 0 aliphatic rings. The van der Waals surface area contributed by atoms with Gasteiger partial charge in [0.05, 0.1) is 4.90 Å². The summed E-state index contributed by atoms with van der Waals surface area (Å²) in [6.07, 6.45) is 1.61. The average Bonchev–Trinajstić information content (AvgIpc) is 3.57. The second-order valence-corrected chi connectivity index (χ2v) is 13.4. The number of thioether (sulfide) groups is 1. The van der Waals surface area contributed by atoms with Gasteiger partial charge in [0.15, 0.2) is 0 Å². The minimum absolute atomic E-state index is 0.0636. The summed E-state index contributed by atoms with van der Waals surface area (Å²) in [5.41, 5.74) is 2.86. The monoisotopic (exact) mass is 668 g/mol. The fourth-order valence-electron chi connectivity index (χ4n) is 4.28. The van der Waals surface area contributed by atoms with Gasteiger partial charge in [-0.25, -0.2) is 13.6 Å². The van der Waals surface area contributed by atoms with Gasteiger partial charge in [-0.15, -0.1) is 11.8 Å². The summed E-state index contributed by atoms with van der Waals surface area (Å²) in [5.74, 6) is -1.27. The van der Waals surface area contributed by atoms with E-state index < -0.39 is 27.1 Å². The van der Waals surface area contributed by atoms with Gasteiger partial charge in [0.2, 0.25) is 15.9 Å². The molecule has 9 nitrogen and oxygen atoms in total. The lowest BCUT2D eigenvalue weighted by atomic mass is 10.1. The van der Waals surface area contributed by atoms with Crippen molar-refractivity contribution in [1.82, 2.24) is 5.32 Å². The number of benzene rings is 4. The molecule has 1 aromatic heterocycles. The second kappa shape index (κ2) is 14.8. The van der Waals surface area contributed by atoms with Crippen LogP contribution >= 0.6 is 23.1 Å². The normalized spacial score (nSPS) is 12.2. The zero-order chi connectivity index (χ0) is 32.5. The molecule has 46 heavy (non-hydrogen) atoms. The van der Waals surface area contributed by atoms with Gasteiger partial charge < -0.3 is 16.0 Å². The predicted octanol–water partition coefficient (Wildman–Crippen LogP) is 6.28. The number of nitrogens with one attached hydrogen (secondary N) is 3. The first-order valence-corrected chi connectivity index (χ1v) is 17.2. The molecule has 0 bridgehead atoms. The average molecular weight is 669 g/mol. The third-order valence-corrected chi connectivity index (χ3v) is 9.40. The Morgan fingerprint density at radius 2 is 1.48 bits per heavy atom. The molecule has 0 saturated heterocycles. The molecular formula is C34H28N4O5S3. The third-order valence-electron chi connectivity index (χ3n) is 6.52. The first kappa shape index (κ1) is 32.4. The number of hydrogen-bond donors (Lipinski definition) is 4. The van der Waals surface area contributed by atoms with Gasteiger partial charge in [-0.1, -0.05) is 54.6 Å². The van der Waals surface area contributed by atoms with E-state index in [1.807, 2.05) is 53.2 Å². The maximum Gasteiger partial charge on any atom is 0.272 e. The highest BCUT2D eigenvalue weighted by Gasteiger charge is 2.23. The van der Waals surface area contributed by atoms with Crippen molar-refractivity contribution in [3.63, 3.8) is 0 Å². The van der Waals surface area contributed by atoms with Crippen LogP contribution in [0, 0.1) is 0 Å². The van der Waals surface area contributed by atoms with E-state index in [9.17, 15) is 22.8 Å². The Hall–Kier alpha value is -5.01. The Morgan fingerprint density at radius 3 is 2.13 bits per heavy atom. The van der Waals surface area contributed by atoms with E-state index in [1.54, 1.807) is 54.6 Å². The molecule has 5 rings (SSSR count). The van der Waals surface area contributed by atoms with Crippen LogP contribution in [0.2, 0.25) is 0 Å². The standard InChI is InChI=1S/C34H28N4O5S3/c35-46(42,43)29-16-14-26(15-17-29)36-34(41)31(24-8-3-1-4-9-24)45-28-13-7-12-27(21-28)37-33(40)30(20-23-18-19-44-22-23)38-32(39)25-10-5-2-6-11-25/h1-22,31H,(H,36,41)(H,37,40)(H,38,39)(H2,35,42,43)/b30-20-. The molecule has 3 amide bonds. The Labute approximate surface area is 274 Å². The molecule has 5 N–H and O–H groups in total. The molecular weight excluding hydrogens is 641 g/mol.